The van der Waals surface area contributed by atoms with Crippen LogP contribution in [-0.4, -0.2) is 11.5 Å². The molecule has 1 aromatic heterocycles. The number of benzene rings is 1. The van der Waals surface area contributed by atoms with Gasteiger partial charge in [0.1, 0.15) is 0 Å². The first-order chi connectivity index (χ1) is 9.27. The number of nitrogens with one attached hydrogen (secondary N) is 1. The van der Waals surface area contributed by atoms with Gasteiger partial charge in [-0.2, -0.15) is 0 Å². The van der Waals surface area contributed by atoms with Gasteiger partial charge in [-0.25, -0.2) is 0 Å². The van der Waals surface area contributed by atoms with Gasteiger partial charge in [0, 0.05) is 19.3 Å². The first-order valence-corrected chi connectivity index (χ1v) is 6.93. The Bertz CT molecular complexity index is 465. The number of nitrogens with zero attached hydrogens (tertiary/aromatic N) is 1. The minimum absolute atomic E-state index is 0.546. The summed E-state index contributed by atoms with van der Waals surface area (Å²) in [5, 5.41) is 3.52. The fourth-order valence-corrected chi connectivity index (χ4v) is 2.30. The van der Waals surface area contributed by atoms with Crippen LogP contribution < -0.4 is 5.32 Å². The lowest BCUT2D eigenvalue weighted by Crippen LogP contribution is -2.24. The Morgan fingerprint density at radius 2 is 1.74 bits per heavy atom. The molecule has 0 aliphatic heterocycles. The van der Waals surface area contributed by atoms with Crippen molar-refractivity contribution in [3.63, 3.8) is 0 Å². The highest BCUT2D eigenvalue weighted by Gasteiger charge is 2.14. The number of hydrogen-bond donors (Lipinski definition) is 1. The highest BCUT2D eigenvalue weighted by atomic mass is 14.9. The molecule has 1 N–H and O–H groups in total. The Balaban J connectivity index is 1.92. The predicted molar refractivity (Wildman–Crippen MR) is 80.0 cm³/mol. The summed E-state index contributed by atoms with van der Waals surface area (Å²) >= 11 is 0. The van der Waals surface area contributed by atoms with Gasteiger partial charge in [-0.1, -0.05) is 50.2 Å². The molecule has 2 heteroatoms. The van der Waals surface area contributed by atoms with E-state index in [-0.39, 0.29) is 0 Å². The van der Waals surface area contributed by atoms with Gasteiger partial charge < -0.3 is 5.32 Å². The largest absolute Gasteiger partial charge is 0.311 e. The third kappa shape index (κ3) is 4.18. The van der Waals surface area contributed by atoms with E-state index in [2.05, 4.69) is 60.5 Å². The molecule has 0 bridgehead atoms. The normalized spacial score (nSPS) is 12.6. The highest BCUT2D eigenvalue weighted by molar-refractivity contribution is 5.20. The molecule has 2 nitrogen and oxygen atoms in total. The van der Waals surface area contributed by atoms with Gasteiger partial charge in [0.2, 0.25) is 0 Å². The molecule has 1 unspecified atom stereocenters. The lowest BCUT2D eigenvalue weighted by molar-refractivity contribution is 0.460. The maximum atomic E-state index is 4.33. The van der Waals surface area contributed by atoms with Crippen molar-refractivity contribution < 1.29 is 0 Å². The lowest BCUT2D eigenvalue weighted by atomic mass is 9.88. The Kier molecular flexibility index (Phi) is 5.10. The van der Waals surface area contributed by atoms with Crippen LogP contribution in [0.15, 0.2) is 54.7 Å². The van der Waals surface area contributed by atoms with Crippen molar-refractivity contribution in [3.05, 3.63) is 66.0 Å². The van der Waals surface area contributed by atoms with E-state index in [1.807, 2.05) is 18.3 Å². The Labute approximate surface area is 115 Å². The smallest absolute Gasteiger partial charge is 0.0541 e. The molecule has 2 aromatic rings. The monoisotopic (exact) mass is 254 g/mol. The van der Waals surface area contributed by atoms with Crippen LogP contribution in [0.5, 0.6) is 0 Å². The van der Waals surface area contributed by atoms with E-state index in [0.717, 1.165) is 18.8 Å². The molecule has 0 aliphatic rings. The van der Waals surface area contributed by atoms with Crippen molar-refractivity contribution in [2.45, 2.75) is 26.3 Å². The van der Waals surface area contributed by atoms with Gasteiger partial charge in [-0.05, 0) is 29.5 Å². The number of aromatic nitrogens is 1. The summed E-state index contributed by atoms with van der Waals surface area (Å²) < 4.78 is 0. The number of pyridine rings is 1. The van der Waals surface area contributed by atoms with E-state index in [0.29, 0.717) is 11.8 Å². The molecule has 0 fully saturated rings. The van der Waals surface area contributed by atoms with Gasteiger partial charge in [0.15, 0.2) is 0 Å². The SMILES string of the molecule is CC(C)C(CNCc1ccccn1)c1ccccc1. The third-order valence-electron chi connectivity index (χ3n) is 3.43. The second-order valence-corrected chi connectivity index (χ2v) is 5.21. The van der Waals surface area contributed by atoms with E-state index in [1.54, 1.807) is 0 Å². The van der Waals surface area contributed by atoms with Gasteiger partial charge in [0.05, 0.1) is 5.69 Å². The molecule has 1 heterocycles. The molecule has 2 rings (SSSR count). The van der Waals surface area contributed by atoms with Crippen LogP contribution in [0, 0.1) is 5.92 Å². The maximum absolute atomic E-state index is 4.33. The number of rotatable bonds is 6. The van der Waals surface area contributed by atoms with Crippen LogP contribution in [0.2, 0.25) is 0 Å². The molecule has 19 heavy (non-hydrogen) atoms. The van der Waals surface area contributed by atoms with E-state index in [1.165, 1.54) is 5.56 Å². The molecule has 0 aliphatic carbocycles. The summed E-state index contributed by atoms with van der Waals surface area (Å²) in [4.78, 5) is 4.33. The molecule has 0 saturated heterocycles. The van der Waals surface area contributed by atoms with Gasteiger partial charge >= 0.3 is 0 Å². The van der Waals surface area contributed by atoms with Crippen LogP contribution in [0.4, 0.5) is 0 Å². The van der Waals surface area contributed by atoms with Crippen molar-refractivity contribution in [1.82, 2.24) is 10.3 Å². The Morgan fingerprint density at radius 3 is 2.37 bits per heavy atom. The van der Waals surface area contributed by atoms with E-state index < -0.39 is 0 Å². The lowest BCUT2D eigenvalue weighted by Gasteiger charge is -2.21. The first-order valence-electron chi connectivity index (χ1n) is 6.93. The van der Waals surface area contributed by atoms with Gasteiger partial charge in [0.25, 0.3) is 0 Å². The Morgan fingerprint density at radius 1 is 1.00 bits per heavy atom. The highest BCUT2D eigenvalue weighted by Crippen LogP contribution is 2.23. The quantitative estimate of drug-likeness (QED) is 0.851. The van der Waals surface area contributed by atoms with Crippen molar-refractivity contribution in [2.75, 3.05) is 6.54 Å². The van der Waals surface area contributed by atoms with Crippen molar-refractivity contribution in [3.8, 4) is 0 Å². The second-order valence-electron chi connectivity index (χ2n) is 5.21. The molecule has 0 amide bonds. The average molecular weight is 254 g/mol. The minimum Gasteiger partial charge on any atom is -0.311 e. The zero-order valence-corrected chi connectivity index (χ0v) is 11.7. The second kappa shape index (κ2) is 7.05. The van der Waals surface area contributed by atoms with Crippen molar-refractivity contribution in [1.29, 1.82) is 0 Å². The average Bonchev–Trinajstić information content (AvgIpc) is 2.45. The molecule has 100 valence electrons. The molecule has 0 radical (unpaired) electrons. The van der Waals surface area contributed by atoms with Gasteiger partial charge in [-0.15, -0.1) is 0 Å². The summed E-state index contributed by atoms with van der Waals surface area (Å²) in [7, 11) is 0. The summed E-state index contributed by atoms with van der Waals surface area (Å²) in [6, 6.07) is 16.8. The van der Waals surface area contributed by atoms with Crippen LogP contribution >= 0.6 is 0 Å². The summed E-state index contributed by atoms with van der Waals surface area (Å²) in [6.45, 7) is 6.37. The minimum atomic E-state index is 0.546. The molecular weight excluding hydrogens is 232 g/mol. The fourth-order valence-electron chi connectivity index (χ4n) is 2.30. The molecule has 0 saturated carbocycles. The summed E-state index contributed by atoms with van der Waals surface area (Å²) in [5.74, 6) is 1.17. The molecule has 0 spiro atoms. The maximum Gasteiger partial charge on any atom is 0.0541 e. The topological polar surface area (TPSA) is 24.9 Å². The van der Waals surface area contributed by atoms with E-state index >= 15 is 0 Å². The van der Waals surface area contributed by atoms with Crippen LogP contribution in [0.1, 0.15) is 31.0 Å². The molecular formula is C17H22N2. The van der Waals surface area contributed by atoms with Crippen LogP contribution in [0.3, 0.4) is 0 Å². The summed E-state index contributed by atoms with van der Waals surface area (Å²) in [5.41, 5.74) is 2.50. The first kappa shape index (κ1) is 13.8. The van der Waals surface area contributed by atoms with E-state index in [4.69, 9.17) is 0 Å². The van der Waals surface area contributed by atoms with Crippen LogP contribution in [0.25, 0.3) is 0 Å². The number of hydrogen-bond acceptors (Lipinski definition) is 2. The van der Waals surface area contributed by atoms with Crippen LogP contribution in [-0.2, 0) is 6.54 Å². The molecule has 1 atom stereocenters. The van der Waals surface area contributed by atoms with Gasteiger partial charge in [-0.3, -0.25) is 4.98 Å². The Hall–Kier alpha value is -1.67. The third-order valence-corrected chi connectivity index (χ3v) is 3.43. The zero-order chi connectivity index (χ0) is 13.5. The standard InChI is InChI=1S/C17H22N2/c1-14(2)17(15-8-4-3-5-9-15)13-18-12-16-10-6-7-11-19-16/h3-11,14,17-18H,12-13H2,1-2H3. The fraction of sp³-hybridized carbons (Fsp3) is 0.353. The predicted octanol–water partition coefficient (Wildman–Crippen LogP) is 3.61. The van der Waals surface area contributed by atoms with Crippen molar-refractivity contribution >= 4 is 0 Å². The zero-order valence-electron chi connectivity index (χ0n) is 11.7. The summed E-state index contributed by atoms with van der Waals surface area (Å²) in [6.07, 6.45) is 1.84. The molecule has 1 aromatic carbocycles. The van der Waals surface area contributed by atoms with Crippen molar-refractivity contribution in [2.24, 2.45) is 5.92 Å². The van der Waals surface area contributed by atoms with E-state index in [9.17, 15) is 0 Å².